The number of halogens is 1. The Bertz CT molecular complexity index is 1030. The number of hydrogen-bond donors (Lipinski definition) is 1. The number of carbonyl (C=O) groups excluding carboxylic acids is 1. The largest absolute Gasteiger partial charge is 0.334 e. The zero-order valence-electron chi connectivity index (χ0n) is 15.5. The van der Waals surface area contributed by atoms with Gasteiger partial charge in [0.05, 0.1) is 16.5 Å². The molecule has 28 heavy (non-hydrogen) atoms. The Hall–Kier alpha value is -3.00. The highest BCUT2D eigenvalue weighted by atomic mass is 32.1. The average Bonchev–Trinajstić information content (AvgIpc) is 3.36. The van der Waals surface area contributed by atoms with Gasteiger partial charge in [-0.2, -0.15) is 4.98 Å². The molecule has 2 aromatic heterocycles. The van der Waals surface area contributed by atoms with Gasteiger partial charge >= 0.3 is 6.03 Å². The minimum absolute atomic E-state index is 0.227. The first-order chi connectivity index (χ1) is 13.6. The second-order valence-corrected chi connectivity index (χ2v) is 7.44. The Kier molecular flexibility index (Phi) is 4.95. The van der Waals surface area contributed by atoms with E-state index in [4.69, 9.17) is 4.52 Å². The van der Waals surface area contributed by atoms with Crippen molar-refractivity contribution < 1.29 is 13.7 Å². The van der Waals surface area contributed by atoms with Crippen LogP contribution in [0.2, 0.25) is 0 Å². The predicted molar refractivity (Wildman–Crippen MR) is 105 cm³/mol. The van der Waals surface area contributed by atoms with E-state index in [0.29, 0.717) is 29.4 Å². The Morgan fingerprint density at radius 1 is 1.32 bits per heavy atom. The summed E-state index contributed by atoms with van der Waals surface area (Å²) in [7, 11) is 0. The summed E-state index contributed by atoms with van der Waals surface area (Å²) in [5, 5.41) is 8.98. The molecule has 1 N–H and O–H groups in total. The lowest BCUT2D eigenvalue weighted by atomic mass is 9.94. The van der Waals surface area contributed by atoms with Crippen molar-refractivity contribution in [3.63, 3.8) is 0 Å². The predicted octanol–water partition coefficient (Wildman–Crippen LogP) is 4.84. The second kappa shape index (κ2) is 7.55. The van der Waals surface area contributed by atoms with Crippen molar-refractivity contribution >= 4 is 22.9 Å². The molecule has 3 aromatic rings. The fourth-order valence-corrected chi connectivity index (χ4v) is 3.98. The van der Waals surface area contributed by atoms with E-state index in [-0.39, 0.29) is 11.8 Å². The summed E-state index contributed by atoms with van der Waals surface area (Å²) in [4.78, 5) is 19.7. The monoisotopic (exact) mass is 398 g/mol. The van der Waals surface area contributed by atoms with Gasteiger partial charge in [-0.25, -0.2) is 9.18 Å². The quantitative estimate of drug-likeness (QED) is 0.667. The highest BCUT2D eigenvalue weighted by molar-refractivity contribution is 7.13. The van der Waals surface area contributed by atoms with E-state index in [9.17, 15) is 9.18 Å². The number of rotatable bonds is 5. The maximum Gasteiger partial charge on any atom is 0.322 e. The van der Waals surface area contributed by atoms with E-state index in [0.717, 1.165) is 17.0 Å². The van der Waals surface area contributed by atoms with E-state index < -0.39 is 6.04 Å². The van der Waals surface area contributed by atoms with Crippen LogP contribution in [-0.2, 0) is 0 Å². The van der Waals surface area contributed by atoms with Crippen molar-refractivity contribution in [2.75, 3.05) is 6.54 Å². The van der Waals surface area contributed by atoms with Crippen LogP contribution in [0, 0.1) is 5.82 Å². The first kappa shape index (κ1) is 18.4. The lowest BCUT2D eigenvalue weighted by molar-refractivity contribution is 0.205. The maximum atomic E-state index is 13.8. The SMILES string of the molecule is CCCN1C(=O)NC(c2cccc(F)c2)C(c2nc(-c3cccs3)no2)=C1C. The van der Waals surface area contributed by atoms with Crippen molar-refractivity contribution in [2.24, 2.45) is 0 Å². The molecule has 0 saturated heterocycles. The third-order valence-corrected chi connectivity index (χ3v) is 5.49. The summed E-state index contributed by atoms with van der Waals surface area (Å²) in [6.45, 7) is 4.41. The number of thiophene rings is 1. The lowest BCUT2D eigenvalue weighted by Gasteiger charge is -2.35. The molecule has 4 rings (SSSR count). The molecule has 1 aliphatic rings. The second-order valence-electron chi connectivity index (χ2n) is 6.49. The lowest BCUT2D eigenvalue weighted by Crippen LogP contribution is -2.46. The smallest absolute Gasteiger partial charge is 0.322 e. The zero-order valence-corrected chi connectivity index (χ0v) is 16.3. The van der Waals surface area contributed by atoms with Crippen molar-refractivity contribution in [3.8, 4) is 10.7 Å². The number of hydrogen-bond acceptors (Lipinski definition) is 5. The number of urea groups is 1. The summed E-state index contributed by atoms with van der Waals surface area (Å²) in [5.74, 6) is 0.433. The normalized spacial score (nSPS) is 17.2. The first-order valence-electron chi connectivity index (χ1n) is 9.00. The van der Waals surface area contributed by atoms with Crippen molar-refractivity contribution in [3.05, 3.63) is 64.7 Å². The number of allylic oxidation sites excluding steroid dienone is 1. The average molecular weight is 398 g/mol. The first-order valence-corrected chi connectivity index (χ1v) is 9.88. The topological polar surface area (TPSA) is 71.3 Å². The van der Waals surface area contributed by atoms with Gasteiger partial charge in [0.25, 0.3) is 5.89 Å². The molecule has 0 spiro atoms. The van der Waals surface area contributed by atoms with E-state index in [1.165, 1.54) is 23.5 Å². The molecule has 0 saturated carbocycles. The van der Waals surface area contributed by atoms with E-state index in [1.54, 1.807) is 17.0 Å². The van der Waals surface area contributed by atoms with Crippen LogP contribution in [0.4, 0.5) is 9.18 Å². The molecule has 1 atom stereocenters. The van der Waals surface area contributed by atoms with Gasteiger partial charge in [0, 0.05) is 12.2 Å². The number of nitrogens with zero attached hydrogens (tertiary/aromatic N) is 3. The Morgan fingerprint density at radius 2 is 2.18 bits per heavy atom. The number of amides is 2. The van der Waals surface area contributed by atoms with Gasteiger partial charge < -0.3 is 9.84 Å². The summed E-state index contributed by atoms with van der Waals surface area (Å²) in [5.41, 5.74) is 2.02. The molecule has 144 valence electrons. The van der Waals surface area contributed by atoms with Crippen LogP contribution in [0.5, 0.6) is 0 Å². The third-order valence-electron chi connectivity index (χ3n) is 4.62. The van der Waals surface area contributed by atoms with Gasteiger partial charge in [0.15, 0.2) is 0 Å². The molecule has 8 heteroatoms. The summed E-state index contributed by atoms with van der Waals surface area (Å²) < 4.78 is 19.4. The summed E-state index contributed by atoms with van der Waals surface area (Å²) >= 11 is 1.51. The zero-order chi connectivity index (χ0) is 19.7. The van der Waals surface area contributed by atoms with Crippen LogP contribution >= 0.6 is 11.3 Å². The summed E-state index contributed by atoms with van der Waals surface area (Å²) in [6.07, 6.45) is 0.799. The number of nitrogens with one attached hydrogen (secondary N) is 1. The van der Waals surface area contributed by atoms with Gasteiger partial charge in [-0.1, -0.05) is 30.3 Å². The van der Waals surface area contributed by atoms with Crippen molar-refractivity contribution in [2.45, 2.75) is 26.3 Å². The summed E-state index contributed by atoms with van der Waals surface area (Å²) in [6, 6.07) is 9.19. The van der Waals surface area contributed by atoms with Gasteiger partial charge in [-0.15, -0.1) is 11.3 Å². The van der Waals surface area contributed by atoms with Crippen LogP contribution in [-0.4, -0.2) is 27.6 Å². The van der Waals surface area contributed by atoms with Gasteiger partial charge in [0.1, 0.15) is 5.82 Å². The number of carbonyl (C=O) groups is 1. The Morgan fingerprint density at radius 3 is 2.89 bits per heavy atom. The fourth-order valence-electron chi connectivity index (χ4n) is 3.33. The number of benzene rings is 1. The molecule has 3 heterocycles. The van der Waals surface area contributed by atoms with Gasteiger partial charge in [-0.3, -0.25) is 4.90 Å². The number of aromatic nitrogens is 2. The van der Waals surface area contributed by atoms with Crippen LogP contribution in [0.3, 0.4) is 0 Å². The molecule has 1 aromatic carbocycles. The van der Waals surface area contributed by atoms with Gasteiger partial charge in [0.2, 0.25) is 5.82 Å². The Labute approximate surface area is 165 Å². The minimum atomic E-state index is -0.576. The van der Waals surface area contributed by atoms with Crippen LogP contribution in [0.25, 0.3) is 16.3 Å². The molecule has 6 nitrogen and oxygen atoms in total. The maximum absolute atomic E-state index is 13.8. The highest BCUT2D eigenvalue weighted by Gasteiger charge is 2.35. The van der Waals surface area contributed by atoms with Crippen LogP contribution in [0.15, 0.2) is 52.0 Å². The molecule has 0 radical (unpaired) electrons. The molecule has 1 unspecified atom stereocenters. The van der Waals surface area contributed by atoms with Crippen LogP contribution in [0.1, 0.15) is 37.8 Å². The molecule has 0 bridgehead atoms. The molecular formula is C20H19FN4O2S. The molecule has 0 fully saturated rings. The Balaban J connectivity index is 1.83. The van der Waals surface area contributed by atoms with Crippen LogP contribution < -0.4 is 5.32 Å². The third kappa shape index (κ3) is 3.31. The molecule has 0 aliphatic carbocycles. The van der Waals surface area contributed by atoms with Gasteiger partial charge in [-0.05, 0) is 42.5 Å². The van der Waals surface area contributed by atoms with E-state index in [1.807, 2.05) is 31.4 Å². The minimum Gasteiger partial charge on any atom is -0.334 e. The molecule has 2 amide bonds. The fraction of sp³-hybridized carbons (Fsp3) is 0.250. The van der Waals surface area contributed by atoms with Crippen molar-refractivity contribution in [1.82, 2.24) is 20.4 Å². The molecule has 1 aliphatic heterocycles. The highest BCUT2D eigenvalue weighted by Crippen LogP contribution is 2.37. The van der Waals surface area contributed by atoms with E-state index >= 15 is 0 Å². The van der Waals surface area contributed by atoms with E-state index in [2.05, 4.69) is 15.5 Å². The molecular weight excluding hydrogens is 379 g/mol. The standard InChI is InChI=1S/C20H19FN4O2S/c1-3-9-25-12(2)16(19-23-18(24-27-19)15-8-5-10-28-15)17(22-20(25)26)13-6-4-7-14(21)11-13/h4-8,10-11,17H,3,9H2,1-2H3,(H,22,26). The van der Waals surface area contributed by atoms with Crippen molar-refractivity contribution in [1.29, 1.82) is 0 Å².